The van der Waals surface area contributed by atoms with Gasteiger partial charge in [-0.15, -0.1) is 0 Å². The molecule has 0 spiro atoms. The van der Waals surface area contributed by atoms with Crippen LogP contribution in [0.3, 0.4) is 0 Å². The Bertz CT molecular complexity index is 665. The fourth-order valence-corrected chi connectivity index (χ4v) is 4.40. The van der Waals surface area contributed by atoms with Crippen molar-refractivity contribution in [2.24, 2.45) is 0 Å². The van der Waals surface area contributed by atoms with Crippen molar-refractivity contribution in [3.8, 4) is 0 Å². The van der Waals surface area contributed by atoms with Gasteiger partial charge in [-0.3, -0.25) is 0 Å². The van der Waals surface area contributed by atoms with Gasteiger partial charge in [-0.05, 0) is 50.3 Å². The van der Waals surface area contributed by atoms with E-state index in [4.69, 9.17) is 4.74 Å². The van der Waals surface area contributed by atoms with Gasteiger partial charge in [0.15, 0.2) is 0 Å². The van der Waals surface area contributed by atoms with E-state index in [-0.39, 0.29) is 12.1 Å². The van der Waals surface area contributed by atoms with Crippen LogP contribution in [0.1, 0.15) is 51.5 Å². The van der Waals surface area contributed by atoms with Crippen LogP contribution in [0.15, 0.2) is 29.2 Å². The van der Waals surface area contributed by atoms with Crippen LogP contribution in [0.4, 0.5) is 4.79 Å². The lowest BCUT2D eigenvalue weighted by molar-refractivity contribution is 0.0966. The first-order chi connectivity index (χ1) is 12.5. The SMILES string of the molecule is CCCCCc1ccc(S(=O)(=O)NC2CCN(C(=O)OCC)CC2)cc1. The largest absolute Gasteiger partial charge is 0.450 e. The van der Waals surface area contributed by atoms with Gasteiger partial charge < -0.3 is 9.64 Å². The molecule has 1 fully saturated rings. The Morgan fingerprint density at radius 3 is 2.38 bits per heavy atom. The van der Waals surface area contributed by atoms with Gasteiger partial charge in [0, 0.05) is 19.1 Å². The number of nitrogens with one attached hydrogen (secondary N) is 1. The minimum Gasteiger partial charge on any atom is -0.450 e. The van der Waals surface area contributed by atoms with Crippen LogP contribution in [-0.2, 0) is 21.2 Å². The first kappa shape index (κ1) is 20.7. The van der Waals surface area contributed by atoms with Gasteiger partial charge in [-0.1, -0.05) is 31.9 Å². The Morgan fingerprint density at radius 2 is 1.81 bits per heavy atom. The van der Waals surface area contributed by atoms with Crippen LogP contribution >= 0.6 is 0 Å². The number of likely N-dealkylation sites (tertiary alicyclic amines) is 1. The molecule has 0 aromatic heterocycles. The average Bonchev–Trinajstić information content (AvgIpc) is 2.63. The van der Waals surface area contributed by atoms with Crippen LogP contribution in [0.5, 0.6) is 0 Å². The van der Waals surface area contributed by atoms with Crippen molar-refractivity contribution in [2.45, 2.75) is 63.3 Å². The highest BCUT2D eigenvalue weighted by molar-refractivity contribution is 7.89. The summed E-state index contributed by atoms with van der Waals surface area (Å²) in [6, 6.07) is 6.99. The number of amides is 1. The van der Waals surface area contributed by atoms with E-state index in [0.717, 1.165) is 12.8 Å². The molecule has 1 aliphatic heterocycles. The highest BCUT2D eigenvalue weighted by atomic mass is 32.2. The molecule has 26 heavy (non-hydrogen) atoms. The number of unbranched alkanes of at least 4 members (excludes halogenated alkanes) is 2. The first-order valence-corrected chi connectivity index (χ1v) is 11.0. The van der Waals surface area contributed by atoms with Crippen molar-refractivity contribution in [1.29, 1.82) is 0 Å². The Hall–Kier alpha value is -1.60. The highest BCUT2D eigenvalue weighted by Crippen LogP contribution is 2.17. The molecule has 146 valence electrons. The second-order valence-electron chi connectivity index (χ2n) is 6.68. The van der Waals surface area contributed by atoms with E-state index in [2.05, 4.69) is 11.6 Å². The van der Waals surface area contributed by atoms with Crippen LogP contribution in [0.25, 0.3) is 0 Å². The maximum atomic E-state index is 12.6. The van der Waals surface area contributed by atoms with Crippen LogP contribution in [0, 0.1) is 0 Å². The van der Waals surface area contributed by atoms with E-state index in [1.807, 2.05) is 12.1 Å². The molecule has 1 heterocycles. The highest BCUT2D eigenvalue weighted by Gasteiger charge is 2.27. The number of piperidine rings is 1. The molecule has 0 aliphatic carbocycles. The summed E-state index contributed by atoms with van der Waals surface area (Å²) in [6.07, 6.45) is 5.32. The number of ether oxygens (including phenoxy) is 1. The number of hydrogen-bond donors (Lipinski definition) is 1. The molecule has 1 aliphatic rings. The van der Waals surface area contributed by atoms with E-state index in [9.17, 15) is 13.2 Å². The van der Waals surface area contributed by atoms with Gasteiger partial charge in [0.2, 0.25) is 10.0 Å². The molecule has 7 heteroatoms. The van der Waals surface area contributed by atoms with Gasteiger partial charge in [-0.25, -0.2) is 17.9 Å². The lowest BCUT2D eigenvalue weighted by Gasteiger charge is -2.31. The number of carbonyl (C=O) groups is 1. The normalized spacial score (nSPS) is 15.8. The van der Waals surface area contributed by atoms with Gasteiger partial charge in [0.05, 0.1) is 11.5 Å². The van der Waals surface area contributed by atoms with Crippen molar-refractivity contribution in [3.05, 3.63) is 29.8 Å². The molecule has 0 atom stereocenters. The van der Waals surface area contributed by atoms with Gasteiger partial charge in [0.1, 0.15) is 0 Å². The Labute approximate surface area is 157 Å². The van der Waals surface area contributed by atoms with Crippen molar-refractivity contribution < 1.29 is 17.9 Å². The molecule has 0 saturated carbocycles. The molecule has 2 rings (SSSR count). The molecule has 1 aromatic carbocycles. The number of benzene rings is 1. The predicted octanol–water partition coefficient (Wildman–Crippen LogP) is 3.32. The number of nitrogens with zero attached hydrogens (tertiary/aromatic N) is 1. The number of rotatable bonds is 8. The van der Waals surface area contributed by atoms with E-state index in [1.165, 1.54) is 18.4 Å². The minimum absolute atomic E-state index is 0.157. The topological polar surface area (TPSA) is 75.7 Å². The van der Waals surface area contributed by atoms with Crippen molar-refractivity contribution in [1.82, 2.24) is 9.62 Å². The van der Waals surface area contributed by atoms with E-state index < -0.39 is 10.0 Å². The molecule has 1 amide bonds. The van der Waals surface area contributed by atoms with Crippen molar-refractivity contribution >= 4 is 16.1 Å². The zero-order valence-corrected chi connectivity index (χ0v) is 16.6. The fraction of sp³-hybridized carbons (Fsp3) is 0.632. The molecule has 1 aromatic rings. The molecule has 1 saturated heterocycles. The predicted molar refractivity (Wildman–Crippen MR) is 102 cm³/mol. The summed E-state index contributed by atoms with van der Waals surface area (Å²) in [7, 11) is -3.53. The zero-order valence-electron chi connectivity index (χ0n) is 15.7. The van der Waals surface area contributed by atoms with E-state index in [0.29, 0.717) is 37.4 Å². The second-order valence-corrected chi connectivity index (χ2v) is 8.40. The minimum atomic E-state index is -3.53. The summed E-state index contributed by atoms with van der Waals surface area (Å²) in [5.74, 6) is 0. The monoisotopic (exact) mass is 382 g/mol. The Kier molecular flexibility index (Phi) is 7.90. The number of aryl methyl sites for hydroxylation is 1. The Morgan fingerprint density at radius 1 is 1.15 bits per heavy atom. The maximum absolute atomic E-state index is 12.6. The molecule has 1 N–H and O–H groups in total. The third-order valence-corrected chi connectivity index (χ3v) is 6.18. The second kappa shape index (κ2) is 9.92. The third kappa shape index (κ3) is 5.99. The molecule has 0 radical (unpaired) electrons. The molecule has 0 bridgehead atoms. The van der Waals surface area contributed by atoms with Gasteiger partial charge in [-0.2, -0.15) is 0 Å². The summed E-state index contributed by atoms with van der Waals surface area (Å²) in [5.41, 5.74) is 1.17. The van der Waals surface area contributed by atoms with Gasteiger partial charge in [0.25, 0.3) is 0 Å². The third-order valence-electron chi connectivity index (χ3n) is 4.65. The number of sulfonamides is 1. The van der Waals surface area contributed by atoms with Crippen LogP contribution in [0.2, 0.25) is 0 Å². The number of carbonyl (C=O) groups excluding carboxylic acids is 1. The zero-order chi connectivity index (χ0) is 19.0. The molecule has 6 nitrogen and oxygen atoms in total. The molecule has 0 unspecified atom stereocenters. The maximum Gasteiger partial charge on any atom is 0.409 e. The molecular formula is C19H30N2O4S. The summed E-state index contributed by atoms with van der Waals surface area (Å²) in [4.78, 5) is 13.6. The summed E-state index contributed by atoms with van der Waals surface area (Å²) in [6.45, 7) is 5.29. The summed E-state index contributed by atoms with van der Waals surface area (Å²) in [5, 5.41) is 0. The van der Waals surface area contributed by atoms with Gasteiger partial charge >= 0.3 is 6.09 Å². The standard InChI is InChI=1S/C19H30N2O4S/c1-3-5-6-7-16-8-10-18(11-9-16)26(23,24)20-17-12-14-21(15-13-17)19(22)25-4-2/h8-11,17,20H,3-7,12-15H2,1-2H3. The average molecular weight is 383 g/mol. The van der Waals surface area contributed by atoms with Crippen molar-refractivity contribution in [3.63, 3.8) is 0 Å². The smallest absolute Gasteiger partial charge is 0.409 e. The lowest BCUT2D eigenvalue weighted by atomic mass is 10.1. The summed E-state index contributed by atoms with van der Waals surface area (Å²) >= 11 is 0. The van der Waals surface area contributed by atoms with Crippen LogP contribution < -0.4 is 4.72 Å². The van der Waals surface area contributed by atoms with Crippen molar-refractivity contribution in [2.75, 3.05) is 19.7 Å². The molecular weight excluding hydrogens is 352 g/mol. The van der Waals surface area contributed by atoms with E-state index in [1.54, 1.807) is 24.0 Å². The fourth-order valence-electron chi connectivity index (χ4n) is 3.10. The van der Waals surface area contributed by atoms with Crippen LogP contribution in [-0.4, -0.2) is 45.1 Å². The first-order valence-electron chi connectivity index (χ1n) is 9.49. The Balaban J connectivity index is 1.88. The summed E-state index contributed by atoms with van der Waals surface area (Å²) < 4.78 is 32.9. The van der Waals surface area contributed by atoms with E-state index >= 15 is 0 Å². The number of hydrogen-bond acceptors (Lipinski definition) is 4. The lowest BCUT2D eigenvalue weighted by Crippen LogP contribution is -2.46. The quantitative estimate of drug-likeness (QED) is 0.700.